The molecule has 0 aliphatic heterocycles. The fraction of sp³-hybridized carbons (Fsp3) is 0.167. The third-order valence-corrected chi connectivity index (χ3v) is 3.99. The first-order valence-electron chi connectivity index (χ1n) is 7.70. The van der Waals surface area contributed by atoms with Crippen molar-refractivity contribution in [2.24, 2.45) is 0 Å². The molecule has 2 aromatic carbocycles. The average molecular weight is 374 g/mol. The van der Waals surface area contributed by atoms with Gasteiger partial charge < -0.3 is 19.2 Å². The number of amides is 1. The topological polar surface area (TPSA) is 86.5 Å². The summed E-state index contributed by atoms with van der Waals surface area (Å²) in [7, 11) is 1.51. The molecule has 0 radical (unpaired) electrons. The molecule has 1 N–H and O–H groups in total. The van der Waals surface area contributed by atoms with Gasteiger partial charge in [-0.2, -0.15) is 0 Å². The van der Waals surface area contributed by atoms with Gasteiger partial charge in [0.15, 0.2) is 6.61 Å². The van der Waals surface area contributed by atoms with Crippen LogP contribution >= 0.6 is 11.6 Å². The van der Waals surface area contributed by atoms with Gasteiger partial charge in [0, 0.05) is 16.7 Å². The summed E-state index contributed by atoms with van der Waals surface area (Å²) < 4.78 is 15.8. The number of aromatic nitrogens is 2. The zero-order valence-electron chi connectivity index (χ0n) is 14.2. The number of hydrogen-bond acceptors (Lipinski definition) is 6. The standard InChI is InChI=1S/C18H16ClN3O4/c1-11-7-15(16(24-2)8-14(11)19)21-17(23)9-25-13-5-3-12(4-6-13)18-22-20-10-26-18/h3-8,10H,9H2,1-2H3,(H,21,23). The highest BCUT2D eigenvalue weighted by molar-refractivity contribution is 6.31. The Hall–Kier alpha value is -3.06. The van der Waals surface area contributed by atoms with Gasteiger partial charge in [-0.15, -0.1) is 10.2 Å². The van der Waals surface area contributed by atoms with Gasteiger partial charge >= 0.3 is 0 Å². The number of carbonyl (C=O) groups excluding carboxylic acids is 1. The third-order valence-electron chi connectivity index (χ3n) is 3.59. The van der Waals surface area contributed by atoms with Gasteiger partial charge in [0.05, 0.1) is 12.8 Å². The van der Waals surface area contributed by atoms with Crippen LogP contribution in [-0.4, -0.2) is 29.8 Å². The average Bonchev–Trinajstić information content (AvgIpc) is 3.18. The number of benzene rings is 2. The number of halogens is 1. The number of ether oxygens (including phenoxy) is 2. The smallest absolute Gasteiger partial charge is 0.262 e. The predicted octanol–water partition coefficient (Wildman–Crippen LogP) is 3.72. The maximum absolute atomic E-state index is 12.1. The van der Waals surface area contributed by atoms with Crippen LogP contribution in [0, 0.1) is 6.92 Å². The summed E-state index contributed by atoms with van der Waals surface area (Å²) in [6.07, 6.45) is 1.26. The zero-order valence-corrected chi connectivity index (χ0v) is 14.9. The number of methoxy groups -OCH3 is 1. The van der Waals surface area contributed by atoms with Crippen LogP contribution in [0.25, 0.3) is 11.5 Å². The Labute approximate surface area is 154 Å². The molecule has 8 heteroatoms. The Morgan fingerprint density at radius 2 is 2.04 bits per heavy atom. The Bertz CT molecular complexity index is 896. The van der Waals surface area contributed by atoms with Gasteiger partial charge in [0.2, 0.25) is 12.3 Å². The SMILES string of the molecule is COc1cc(Cl)c(C)cc1NC(=O)COc1ccc(-c2nnco2)cc1. The number of aryl methyl sites for hydroxylation is 1. The Kier molecular flexibility index (Phi) is 5.38. The highest BCUT2D eigenvalue weighted by atomic mass is 35.5. The van der Waals surface area contributed by atoms with Crippen molar-refractivity contribution in [3.63, 3.8) is 0 Å². The Balaban J connectivity index is 1.60. The summed E-state index contributed by atoms with van der Waals surface area (Å²) in [6.45, 7) is 1.70. The number of hydrogen-bond donors (Lipinski definition) is 1. The number of nitrogens with one attached hydrogen (secondary N) is 1. The van der Waals surface area contributed by atoms with E-state index >= 15 is 0 Å². The van der Waals surface area contributed by atoms with E-state index in [2.05, 4.69) is 15.5 Å². The fourth-order valence-corrected chi connectivity index (χ4v) is 2.41. The molecule has 26 heavy (non-hydrogen) atoms. The van der Waals surface area contributed by atoms with E-state index in [1.165, 1.54) is 13.5 Å². The van der Waals surface area contributed by atoms with Crippen molar-refractivity contribution in [3.05, 3.63) is 53.4 Å². The van der Waals surface area contributed by atoms with Gasteiger partial charge in [0.1, 0.15) is 11.5 Å². The Morgan fingerprint density at radius 3 is 2.69 bits per heavy atom. The molecule has 0 aliphatic carbocycles. The van der Waals surface area contributed by atoms with Crippen molar-refractivity contribution in [2.75, 3.05) is 19.0 Å². The van der Waals surface area contributed by atoms with Gasteiger partial charge in [-0.1, -0.05) is 11.6 Å². The number of carbonyl (C=O) groups is 1. The second kappa shape index (κ2) is 7.88. The summed E-state index contributed by atoms with van der Waals surface area (Å²) in [4.78, 5) is 12.1. The normalized spacial score (nSPS) is 10.4. The predicted molar refractivity (Wildman–Crippen MR) is 96.6 cm³/mol. The lowest BCUT2D eigenvalue weighted by atomic mass is 10.2. The molecular formula is C18H16ClN3O4. The summed E-state index contributed by atoms with van der Waals surface area (Å²) in [5.41, 5.74) is 2.13. The van der Waals surface area contributed by atoms with Gasteiger partial charge in [0.25, 0.3) is 5.91 Å². The number of rotatable bonds is 6. The van der Waals surface area contributed by atoms with Crippen LogP contribution in [0.3, 0.4) is 0 Å². The molecular weight excluding hydrogens is 358 g/mol. The molecule has 0 fully saturated rings. The molecule has 1 aromatic heterocycles. The highest BCUT2D eigenvalue weighted by Crippen LogP contribution is 2.31. The van der Waals surface area contributed by atoms with Gasteiger partial charge in [-0.25, -0.2) is 0 Å². The summed E-state index contributed by atoms with van der Waals surface area (Å²) in [5, 5.41) is 10.8. The van der Waals surface area contributed by atoms with Crippen molar-refractivity contribution in [1.82, 2.24) is 10.2 Å². The molecule has 0 unspecified atom stereocenters. The van der Waals surface area contributed by atoms with Crippen molar-refractivity contribution >= 4 is 23.2 Å². The fourth-order valence-electron chi connectivity index (χ4n) is 2.26. The minimum absolute atomic E-state index is 0.148. The Morgan fingerprint density at radius 1 is 1.27 bits per heavy atom. The molecule has 0 saturated carbocycles. The zero-order chi connectivity index (χ0) is 18.5. The molecule has 7 nitrogen and oxygen atoms in total. The van der Waals surface area contributed by atoms with E-state index in [9.17, 15) is 4.79 Å². The summed E-state index contributed by atoms with van der Waals surface area (Å²) >= 11 is 6.06. The van der Waals surface area contributed by atoms with Crippen molar-refractivity contribution in [3.8, 4) is 23.0 Å². The van der Waals surface area contributed by atoms with Crippen LogP contribution in [0.15, 0.2) is 47.2 Å². The van der Waals surface area contributed by atoms with Crippen LogP contribution in [0.5, 0.6) is 11.5 Å². The van der Waals surface area contributed by atoms with E-state index in [0.29, 0.717) is 28.1 Å². The van der Waals surface area contributed by atoms with Crippen LogP contribution in [0.4, 0.5) is 5.69 Å². The van der Waals surface area contributed by atoms with Crippen molar-refractivity contribution in [1.29, 1.82) is 0 Å². The molecule has 0 atom stereocenters. The van der Waals surface area contributed by atoms with E-state index in [0.717, 1.165) is 11.1 Å². The van der Waals surface area contributed by atoms with Crippen molar-refractivity contribution in [2.45, 2.75) is 6.92 Å². The summed E-state index contributed by atoms with van der Waals surface area (Å²) in [5.74, 6) is 1.13. The van der Waals surface area contributed by atoms with E-state index in [-0.39, 0.29) is 12.5 Å². The molecule has 0 bridgehead atoms. The molecule has 3 rings (SSSR count). The van der Waals surface area contributed by atoms with E-state index in [4.69, 9.17) is 25.5 Å². The lowest BCUT2D eigenvalue weighted by Gasteiger charge is -2.12. The second-order valence-electron chi connectivity index (χ2n) is 5.41. The molecule has 134 valence electrons. The first-order chi connectivity index (χ1) is 12.6. The number of nitrogens with zero attached hydrogens (tertiary/aromatic N) is 2. The van der Waals surface area contributed by atoms with Crippen LogP contribution in [0.2, 0.25) is 5.02 Å². The maximum atomic E-state index is 12.1. The van der Waals surface area contributed by atoms with E-state index < -0.39 is 0 Å². The van der Waals surface area contributed by atoms with E-state index in [1.807, 2.05) is 6.92 Å². The van der Waals surface area contributed by atoms with Crippen LogP contribution < -0.4 is 14.8 Å². The molecule has 3 aromatic rings. The number of anilines is 1. The quantitative estimate of drug-likeness (QED) is 0.708. The van der Waals surface area contributed by atoms with Crippen molar-refractivity contribution < 1.29 is 18.7 Å². The lowest BCUT2D eigenvalue weighted by molar-refractivity contribution is -0.118. The minimum Gasteiger partial charge on any atom is -0.495 e. The van der Waals surface area contributed by atoms with E-state index in [1.54, 1.807) is 36.4 Å². The van der Waals surface area contributed by atoms with Crippen LogP contribution in [0.1, 0.15) is 5.56 Å². The third kappa shape index (κ3) is 4.12. The maximum Gasteiger partial charge on any atom is 0.262 e. The van der Waals surface area contributed by atoms with Gasteiger partial charge in [-0.3, -0.25) is 4.79 Å². The molecule has 1 amide bonds. The first kappa shape index (κ1) is 17.8. The highest BCUT2D eigenvalue weighted by Gasteiger charge is 2.11. The second-order valence-corrected chi connectivity index (χ2v) is 5.81. The summed E-state index contributed by atoms with van der Waals surface area (Å²) in [6, 6.07) is 10.4. The monoisotopic (exact) mass is 373 g/mol. The molecule has 0 aliphatic rings. The minimum atomic E-state index is -0.314. The lowest BCUT2D eigenvalue weighted by Crippen LogP contribution is -2.20. The molecule has 0 saturated heterocycles. The molecule has 1 heterocycles. The largest absolute Gasteiger partial charge is 0.495 e. The first-order valence-corrected chi connectivity index (χ1v) is 8.08. The van der Waals surface area contributed by atoms with Gasteiger partial charge in [-0.05, 0) is 42.8 Å². The van der Waals surface area contributed by atoms with Crippen LogP contribution in [-0.2, 0) is 4.79 Å². The molecule has 0 spiro atoms.